The fourth-order valence-corrected chi connectivity index (χ4v) is 2.98. The van der Waals surface area contributed by atoms with Crippen LogP contribution in [-0.2, 0) is 5.41 Å². The number of carbonyl (C=O) groups is 1. The fourth-order valence-electron chi connectivity index (χ4n) is 2.98. The number of amides is 1. The highest BCUT2D eigenvalue weighted by Gasteiger charge is 2.15. The number of nitrogens with one attached hydrogen (secondary N) is 2. The smallest absolute Gasteiger partial charge is 0.257 e. The van der Waals surface area contributed by atoms with Crippen molar-refractivity contribution in [3.63, 3.8) is 0 Å². The van der Waals surface area contributed by atoms with E-state index in [0.717, 1.165) is 17.1 Å². The zero-order valence-corrected chi connectivity index (χ0v) is 16.7. The van der Waals surface area contributed by atoms with Crippen LogP contribution < -0.4 is 20.1 Å². The fraction of sp³-hybridized carbons (Fsp3) is 0.217. The molecule has 29 heavy (non-hydrogen) atoms. The van der Waals surface area contributed by atoms with Crippen molar-refractivity contribution in [2.75, 3.05) is 17.4 Å². The van der Waals surface area contributed by atoms with Gasteiger partial charge in [-0.25, -0.2) is 4.98 Å². The molecule has 6 heteroatoms. The van der Waals surface area contributed by atoms with Gasteiger partial charge < -0.3 is 20.1 Å². The van der Waals surface area contributed by atoms with E-state index in [1.165, 1.54) is 5.56 Å². The number of ether oxygens (including phenoxy) is 2. The second kappa shape index (κ2) is 7.47. The summed E-state index contributed by atoms with van der Waals surface area (Å²) in [6.07, 6.45) is 1.55. The van der Waals surface area contributed by atoms with Crippen molar-refractivity contribution in [1.29, 1.82) is 0 Å². The molecule has 1 aliphatic rings. The minimum Gasteiger partial charge on any atom is -0.454 e. The SMILES string of the molecule is CC(C)(C)c1ccc(NC(=O)c2ccc(Nc3ccc4c(c3)OCO4)nc2)cc1. The van der Waals surface area contributed by atoms with Crippen LogP contribution in [-0.4, -0.2) is 17.7 Å². The van der Waals surface area contributed by atoms with Gasteiger partial charge in [-0.2, -0.15) is 0 Å². The Hall–Kier alpha value is -3.54. The molecule has 2 heterocycles. The molecule has 3 aromatic rings. The normalized spacial score (nSPS) is 12.5. The number of hydrogen-bond acceptors (Lipinski definition) is 5. The number of aromatic nitrogens is 1. The van der Waals surface area contributed by atoms with Crippen LogP contribution >= 0.6 is 0 Å². The summed E-state index contributed by atoms with van der Waals surface area (Å²) >= 11 is 0. The highest BCUT2D eigenvalue weighted by molar-refractivity contribution is 6.04. The lowest BCUT2D eigenvalue weighted by Gasteiger charge is -2.19. The van der Waals surface area contributed by atoms with Gasteiger partial charge in [-0.3, -0.25) is 4.79 Å². The van der Waals surface area contributed by atoms with Crippen LogP contribution in [0.5, 0.6) is 11.5 Å². The summed E-state index contributed by atoms with van der Waals surface area (Å²) in [6, 6.07) is 17.0. The van der Waals surface area contributed by atoms with Gasteiger partial charge in [0.2, 0.25) is 6.79 Å². The van der Waals surface area contributed by atoms with Crippen LogP contribution in [0.25, 0.3) is 0 Å². The van der Waals surface area contributed by atoms with Crippen LogP contribution in [0.15, 0.2) is 60.8 Å². The third-order valence-corrected chi connectivity index (χ3v) is 4.68. The van der Waals surface area contributed by atoms with Crippen molar-refractivity contribution in [2.45, 2.75) is 26.2 Å². The number of pyridine rings is 1. The zero-order chi connectivity index (χ0) is 20.4. The molecular formula is C23H23N3O3. The van der Waals surface area contributed by atoms with Crippen LogP contribution in [0.4, 0.5) is 17.2 Å². The molecule has 0 aliphatic carbocycles. The lowest BCUT2D eigenvalue weighted by molar-refractivity contribution is 0.102. The molecule has 1 aliphatic heterocycles. The molecule has 2 aromatic carbocycles. The van der Waals surface area contributed by atoms with E-state index in [9.17, 15) is 4.79 Å². The van der Waals surface area contributed by atoms with Crippen molar-refractivity contribution in [3.05, 3.63) is 71.9 Å². The van der Waals surface area contributed by atoms with E-state index < -0.39 is 0 Å². The van der Waals surface area contributed by atoms with Gasteiger partial charge in [0.1, 0.15) is 5.82 Å². The number of carbonyl (C=O) groups excluding carboxylic acids is 1. The standard InChI is InChI=1S/C23H23N3O3/c1-23(2,3)16-5-7-17(8-6-16)26-22(27)15-4-11-21(24-13-15)25-18-9-10-19-20(12-18)29-14-28-19/h4-13H,14H2,1-3H3,(H,24,25)(H,26,27). The minimum atomic E-state index is -0.198. The van der Waals surface area contributed by atoms with Crippen LogP contribution in [0, 0.1) is 0 Å². The number of anilines is 3. The van der Waals surface area contributed by atoms with E-state index in [0.29, 0.717) is 17.1 Å². The topological polar surface area (TPSA) is 72.5 Å². The van der Waals surface area contributed by atoms with Crippen LogP contribution in [0.1, 0.15) is 36.7 Å². The minimum absolute atomic E-state index is 0.0767. The summed E-state index contributed by atoms with van der Waals surface area (Å²) in [7, 11) is 0. The second-order valence-corrected chi connectivity index (χ2v) is 7.91. The molecule has 0 bridgehead atoms. The molecule has 0 saturated carbocycles. The molecule has 0 atom stereocenters. The Kier molecular flexibility index (Phi) is 4.84. The quantitative estimate of drug-likeness (QED) is 0.649. The lowest BCUT2D eigenvalue weighted by Crippen LogP contribution is -2.14. The molecule has 0 radical (unpaired) electrons. The van der Waals surface area contributed by atoms with Crippen LogP contribution in [0.3, 0.4) is 0 Å². The third-order valence-electron chi connectivity index (χ3n) is 4.68. The Morgan fingerprint density at radius 2 is 1.66 bits per heavy atom. The van der Waals surface area contributed by atoms with Crippen LogP contribution in [0.2, 0.25) is 0 Å². The summed E-state index contributed by atoms with van der Waals surface area (Å²) in [5.74, 6) is 1.86. The van der Waals surface area contributed by atoms with Gasteiger partial charge in [0.15, 0.2) is 11.5 Å². The first-order valence-corrected chi connectivity index (χ1v) is 9.43. The highest BCUT2D eigenvalue weighted by atomic mass is 16.7. The van der Waals surface area contributed by atoms with Gasteiger partial charge in [-0.15, -0.1) is 0 Å². The van der Waals surface area contributed by atoms with Gasteiger partial charge in [0, 0.05) is 23.6 Å². The average Bonchev–Trinajstić information content (AvgIpc) is 3.16. The van der Waals surface area contributed by atoms with Gasteiger partial charge in [-0.05, 0) is 47.4 Å². The molecule has 0 spiro atoms. The molecule has 2 N–H and O–H groups in total. The molecule has 6 nitrogen and oxygen atoms in total. The Bertz CT molecular complexity index is 1020. The van der Waals surface area contributed by atoms with E-state index in [1.807, 2.05) is 42.5 Å². The van der Waals surface area contributed by atoms with Crippen molar-refractivity contribution >= 4 is 23.1 Å². The van der Waals surface area contributed by atoms with Gasteiger partial charge in [0.05, 0.1) is 5.56 Å². The molecule has 0 fully saturated rings. The number of nitrogens with zero attached hydrogens (tertiary/aromatic N) is 1. The van der Waals surface area contributed by atoms with E-state index >= 15 is 0 Å². The van der Waals surface area contributed by atoms with E-state index in [-0.39, 0.29) is 18.1 Å². The maximum Gasteiger partial charge on any atom is 0.257 e. The number of rotatable bonds is 4. The largest absolute Gasteiger partial charge is 0.454 e. The molecule has 0 saturated heterocycles. The molecule has 1 aromatic heterocycles. The summed E-state index contributed by atoms with van der Waals surface area (Å²) in [5, 5.41) is 6.10. The predicted molar refractivity (Wildman–Crippen MR) is 113 cm³/mol. The first-order valence-electron chi connectivity index (χ1n) is 9.43. The summed E-state index contributed by atoms with van der Waals surface area (Å²) in [6.45, 7) is 6.71. The first kappa shape index (κ1) is 18.8. The lowest BCUT2D eigenvalue weighted by atomic mass is 9.87. The summed E-state index contributed by atoms with van der Waals surface area (Å²) in [4.78, 5) is 16.8. The number of fused-ring (bicyclic) bond motifs is 1. The van der Waals surface area contributed by atoms with Crippen molar-refractivity contribution in [1.82, 2.24) is 4.98 Å². The molecule has 148 valence electrons. The Labute approximate surface area is 169 Å². The predicted octanol–water partition coefficient (Wildman–Crippen LogP) is 5.10. The molecule has 1 amide bonds. The summed E-state index contributed by atoms with van der Waals surface area (Å²) < 4.78 is 10.7. The van der Waals surface area contributed by atoms with E-state index in [2.05, 4.69) is 36.4 Å². The average molecular weight is 389 g/mol. The Morgan fingerprint density at radius 1 is 0.931 bits per heavy atom. The first-order chi connectivity index (χ1) is 13.9. The highest BCUT2D eigenvalue weighted by Crippen LogP contribution is 2.34. The number of benzene rings is 2. The maximum atomic E-state index is 12.5. The Balaban J connectivity index is 1.40. The molecular weight excluding hydrogens is 366 g/mol. The Morgan fingerprint density at radius 3 is 2.34 bits per heavy atom. The zero-order valence-electron chi connectivity index (χ0n) is 16.7. The van der Waals surface area contributed by atoms with Gasteiger partial charge in [0.25, 0.3) is 5.91 Å². The van der Waals surface area contributed by atoms with Crippen molar-refractivity contribution in [2.24, 2.45) is 0 Å². The summed E-state index contributed by atoms with van der Waals surface area (Å²) in [5.41, 5.74) is 3.37. The van der Waals surface area contributed by atoms with E-state index in [4.69, 9.17) is 9.47 Å². The molecule has 0 unspecified atom stereocenters. The van der Waals surface area contributed by atoms with Crippen molar-refractivity contribution < 1.29 is 14.3 Å². The maximum absolute atomic E-state index is 12.5. The monoisotopic (exact) mass is 389 g/mol. The van der Waals surface area contributed by atoms with Crippen molar-refractivity contribution in [3.8, 4) is 11.5 Å². The van der Waals surface area contributed by atoms with Gasteiger partial charge >= 0.3 is 0 Å². The second-order valence-electron chi connectivity index (χ2n) is 7.91. The van der Waals surface area contributed by atoms with E-state index in [1.54, 1.807) is 18.3 Å². The molecule has 4 rings (SSSR count). The third kappa shape index (κ3) is 4.32. The van der Waals surface area contributed by atoms with Gasteiger partial charge in [-0.1, -0.05) is 32.9 Å². The number of hydrogen-bond donors (Lipinski definition) is 2.